The second kappa shape index (κ2) is 9.19. The zero-order valence-electron chi connectivity index (χ0n) is 17.4. The molecule has 1 atom stereocenters. The first-order valence-corrected chi connectivity index (χ1v) is 9.48. The van der Waals surface area contributed by atoms with E-state index in [1.807, 2.05) is 13.8 Å². The lowest BCUT2D eigenvalue weighted by Gasteiger charge is -2.30. The molecule has 7 heteroatoms. The molecule has 1 fully saturated rings. The Bertz CT molecular complexity index is 733. The molecule has 0 aromatic heterocycles. The molecule has 1 saturated heterocycles. The number of methoxy groups -OCH3 is 2. The summed E-state index contributed by atoms with van der Waals surface area (Å²) in [7, 11) is 4.76. The highest BCUT2D eigenvalue weighted by Gasteiger charge is 2.55. The van der Waals surface area contributed by atoms with E-state index in [-0.39, 0.29) is 43.7 Å². The Balaban J connectivity index is 2.47. The average Bonchev–Trinajstić information content (AvgIpc) is 2.89. The third-order valence-electron chi connectivity index (χ3n) is 5.07. The molecule has 1 aliphatic rings. The lowest BCUT2D eigenvalue weighted by atomic mass is 9.75. The fourth-order valence-corrected chi connectivity index (χ4v) is 3.74. The lowest BCUT2D eigenvalue weighted by Crippen LogP contribution is -2.44. The monoisotopic (exact) mass is 390 g/mol. The van der Waals surface area contributed by atoms with Crippen LogP contribution in [0.1, 0.15) is 32.3 Å². The van der Waals surface area contributed by atoms with E-state index >= 15 is 0 Å². The van der Waals surface area contributed by atoms with Crippen molar-refractivity contribution in [1.29, 1.82) is 0 Å². The van der Waals surface area contributed by atoms with E-state index in [0.29, 0.717) is 23.8 Å². The third-order valence-corrected chi connectivity index (χ3v) is 5.07. The van der Waals surface area contributed by atoms with Gasteiger partial charge in [0.15, 0.2) is 0 Å². The summed E-state index contributed by atoms with van der Waals surface area (Å²) in [6, 6.07) is 7.10. The summed E-state index contributed by atoms with van der Waals surface area (Å²) in [5.74, 6) is -0.0428. The molecule has 7 nitrogen and oxygen atoms in total. The summed E-state index contributed by atoms with van der Waals surface area (Å²) in [4.78, 5) is 41.9. The van der Waals surface area contributed by atoms with Crippen LogP contribution in [0.3, 0.4) is 0 Å². The van der Waals surface area contributed by atoms with Crippen LogP contribution in [0.4, 0.5) is 0 Å². The number of nitrogens with zero attached hydrogens (tertiary/aromatic N) is 2. The van der Waals surface area contributed by atoms with Crippen molar-refractivity contribution < 1.29 is 23.9 Å². The van der Waals surface area contributed by atoms with Crippen LogP contribution in [-0.2, 0) is 24.5 Å². The molecule has 0 unspecified atom stereocenters. The molecule has 0 radical (unpaired) electrons. The van der Waals surface area contributed by atoms with E-state index in [2.05, 4.69) is 0 Å². The second-order valence-electron chi connectivity index (χ2n) is 7.65. The standard InChI is InChI=1S/C21H30N2O5/c1-15(2)14-22(3)18(24)12-21(16-8-6-7-9-17(16)28-5)13-19(25)23(20(21)26)10-11-27-4/h6-9,15H,10-14H2,1-5H3/t21-/m0/s1. The van der Waals surface area contributed by atoms with Crippen molar-refractivity contribution in [1.82, 2.24) is 9.80 Å². The van der Waals surface area contributed by atoms with Gasteiger partial charge >= 0.3 is 0 Å². The second-order valence-corrected chi connectivity index (χ2v) is 7.65. The van der Waals surface area contributed by atoms with Crippen molar-refractivity contribution in [3.8, 4) is 5.75 Å². The maximum atomic E-state index is 13.4. The number of carbonyl (C=O) groups excluding carboxylic acids is 3. The summed E-state index contributed by atoms with van der Waals surface area (Å²) >= 11 is 0. The van der Waals surface area contributed by atoms with Crippen molar-refractivity contribution in [2.75, 3.05) is 41.0 Å². The quantitative estimate of drug-likeness (QED) is 0.602. The van der Waals surface area contributed by atoms with Gasteiger partial charge < -0.3 is 14.4 Å². The number of para-hydroxylation sites is 1. The molecule has 28 heavy (non-hydrogen) atoms. The van der Waals surface area contributed by atoms with Gasteiger partial charge in [0.25, 0.3) is 0 Å². The Kier molecular flexibility index (Phi) is 7.18. The van der Waals surface area contributed by atoms with Gasteiger partial charge in [-0.1, -0.05) is 32.0 Å². The Hall–Kier alpha value is -2.41. The molecule has 1 aliphatic heterocycles. The van der Waals surface area contributed by atoms with Crippen LogP contribution in [0.15, 0.2) is 24.3 Å². The van der Waals surface area contributed by atoms with Crippen LogP contribution in [0.5, 0.6) is 5.75 Å². The number of carbonyl (C=O) groups is 3. The highest BCUT2D eigenvalue weighted by Crippen LogP contribution is 2.44. The first-order chi connectivity index (χ1) is 13.3. The number of ether oxygens (including phenoxy) is 2. The minimum atomic E-state index is -1.26. The molecular weight excluding hydrogens is 360 g/mol. The number of hydrogen-bond donors (Lipinski definition) is 0. The third kappa shape index (κ3) is 4.35. The molecule has 0 bridgehead atoms. The van der Waals surface area contributed by atoms with Crippen molar-refractivity contribution >= 4 is 17.7 Å². The number of rotatable bonds is 9. The highest BCUT2D eigenvalue weighted by molar-refractivity contribution is 6.11. The van der Waals surface area contributed by atoms with Crippen LogP contribution < -0.4 is 4.74 Å². The van der Waals surface area contributed by atoms with Gasteiger partial charge in [-0.2, -0.15) is 0 Å². The highest BCUT2D eigenvalue weighted by atomic mass is 16.5. The molecule has 3 amide bonds. The summed E-state index contributed by atoms with van der Waals surface area (Å²) in [6.07, 6.45) is -0.137. The molecule has 0 aliphatic carbocycles. The fourth-order valence-electron chi connectivity index (χ4n) is 3.74. The summed E-state index contributed by atoms with van der Waals surface area (Å²) in [5.41, 5.74) is -0.693. The number of benzene rings is 1. The molecule has 0 saturated carbocycles. The topological polar surface area (TPSA) is 76.2 Å². The summed E-state index contributed by atoms with van der Waals surface area (Å²) < 4.78 is 10.5. The van der Waals surface area contributed by atoms with Crippen molar-refractivity contribution in [3.63, 3.8) is 0 Å². The van der Waals surface area contributed by atoms with Gasteiger partial charge in [-0.25, -0.2) is 0 Å². The first-order valence-electron chi connectivity index (χ1n) is 9.48. The number of likely N-dealkylation sites (tertiary alicyclic amines) is 1. The Morgan fingerprint density at radius 3 is 2.54 bits per heavy atom. The SMILES string of the molecule is COCCN1C(=O)C[C@@](CC(=O)N(C)CC(C)C)(c2ccccc2OC)C1=O. The lowest BCUT2D eigenvalue weighted by molar-refractivity contribution is -0.143. The first kappa shape index (κ1) is 21.9. The number of amides is 3. The van der Waals surface area contributed by atoms with Gasteiger partial charge in [-0.3, -0.25) is 19.3 Å². The predicted octanol–water partition coefficient (Wildman–Crippen LogP) is 1.84. The van der Waals surface area contributed by atoms with Crippen LogP contribution in [0, 0.1) is 5.92 Å². The van der Waals surface area contributed by atoms with E-state index in [9.17, 15) is 14.4 Å². The Labute approximate surface area is 166 Å². The molecule has 154 valence electrons. The van der Waals surface area contributed by atoms with Crippen LogP contribution >= 0.6 is 0 Å². The van der Waals surface area contributed by atoms with Crippen molar-refractivity contribution in [3.05, 3.63) is 29.8 Å². The van der Waals surface area contributed by atoms with Gasteiger partial charge in [-0.05, 0) is 12.0 Å². The van der Waals surface area contributed by atoms with E-state index in [4.69, 9.17) is 9.47 Å². The number of hydrogen-bond acceptors (Lipinski definition) is 5. The predicted molar refractivity (Wildman–Crippen MR) is 105 cm³/mol. The van der Waals surface area contributed by atoms with Crippen molar-refractivity contribution in [2.24, 2.45) is 5.92 Å². The maximum absolute atomic E-state index is 13.4. The molecule has 0 spiro atoms. The van der Waals surface area contributed by atoms with E-state index in [1.54, 1.807) is 36.2 Å². The minimum absolute atomic E-state index is 0.0584. The minimum Gasteiger partial charge on any atom is -0.496 e. The van der Waals surface area contributed by atoms with Gasteiger partial charge in [0.2, 0.25) is 17.7 Å². The molecule has 2 rings (SSSR count). The van der Waals surface area contributed by atoms with E-state index in [0.717, 1.165) is 0 Å². The Morgan fingerprint density at radius 2 is 1.93 bits per heavy atom. The van der Waals surface area contributed by atoms with Crippen LogP contribution in [-0.4, -0.2) is 68.5 Å². The average molecular weight is 390 g/mol. The zero-order valence-corrected chi connectivity index (χ0v) is 17.4. The smallest absolute Gasteiger partial charge is 0.241 e. The maximum Gasteiger partial charge on any atom is 0.241 e. The molecule has 1 heterocycles. The van der Waals surface area contributed by atoms with Gasteiger partial charge in [0, 0.05) is 39.1 Å². The fraction of sp³-hybridized carbons (Fsp3) is 0.571. The molecule has 1 aromatic carbocycles. The van der Waals surface area contributed by atoms with Crippen molar-refractivity contribution in [2.45, 2.75) is 32.1 Å². The van der Waals surface area contributed by atoms with E-state index < -0.39 is 5.41 Å². The van der Waals surface area contributed by atoms with Gasteiger partial charge in [0.1, 0.15) is 5.75 Å². The van der Waals surface area contributed by atoms with Crippen LogP contribution in [0.2, 0.25) is 0 Å². The van der Waals surface area contributed by atoms with Crippen LogP contribution in [0.25, 0.3) is 0 Å². The molecular formula is C21H30N2O5. The van der Waals surface area contributed by atoms with E-state index in [1.165, 1.54) is 19.1 Å². The Morgan fingerprint density at radius 1 is 1.25 bits per heavy atom. The molecule has 0 N–H and O–H groups in total. The molecule has 1 aromatic rings. The normalized spacial score (nSPS) is 19.4. The largest absolute Gasteiger partial charge is 0.496 e. The zero-order chi connectivity index (χ0) is 20.9. The summed E-state index contributed by atoms with van der Waals surface area (Å²) in [5, 5.41) is 0. The summed E-state index contributed by atoms with van der Waals surface area (Å²) in [6.45, 7) is 5.05. The van der Waals surface area contributed by atoms with Gasteiger partial charge in [-0.15, -0.1) is 0 Å². The van der Waals surface area contributed by atoms with Gasteiger partial charge in [0.05, 0.1) is 25.7 Å². The number of imide groups is 1.